The lowest BCUT2D eigenvalue weighted by molar-refractivity contribution is -0.0791. The van der Waals surface area contributed by atoms with E-state index in [0.717, 1.165) is 9.86 Å². The third kappa shape index (κ3) is 3.07. The quantitative estimate of drug-likeness (QED) is 0.323. The first kappa shape index (κ1) is 20.6. The Morgan fingerprint density at radius 2 is 2.03 bits per heavy atom. The smallest absolute Gasteiger partial charge is 0.164 e. The number of aromatic nitrogens is 4. The van der Waals surface area contributed by atoms with E-state index in [1.54, 1.807) is 22.9 Å². The summed E-state index contributed by atoms with van der Waals surface area (Å²) < 4.78 is 14.8. The summed E-state index contributed by atoms with van der Waals surface area (Å²) in [5, 5.41) is 23.9. The number of aliphatic hydroxyl groups is 2. The molecule has 170 valence electrons. The molecule has 1 saturated heterocycles. The Morgan fingerprint density at radius 3 is 2.88 bits per heavy atom. The van der Waals surface area contributed by atoms with Crippen molar-refractivity contribution in [3.8, 4) is 5.75 Å². The predicted molar refractivity (Wildman–Crippen MR) is 124 cm³/mol. The van der Waals surface area contributed by atoms with Gasteiger partial charge in [0.2, 0.25) is 0 Å². The van der Waals surface area contributed by atoms with Crippen LogP contribution in [0.4, 0.5) is 11.6 Å². The minimum Gasteiger partial charge on any atom is -0.488 e. The minimum absolute atomic E-state index is 0.335. The lowest BCUT2D eigenvalue weighted by atomic mass is 9.94. The Balaban J connectivity index is 1.29. The van der Waals surface area contributed by atoms with Gasteiger partial charge in [-0.05, 0) is 53.0 Å². The zero-order chi connectivity index (χ0) is 22.9. The van der Waals surface area contributed by atoms with Crippen LogP contribution in [0.2, 0.25) is 0 Å². The van der Waals surface area contributed by atoms with Crippen LogP contribution in [0.3, 0.4) is 0 Å². The summed E-state index contributed by atoms with van der Waals surface area (Å²) >= 11 is 3.39. The second kappa shape index (κ2) is 7.26. The summed E-state index contributed by atoms with van der Waals surface area (Å²) in [6.07, 6.45) is 0.751. The van der Waals surface area contributed by atoms with Crippen LogP contribution in [-0.2, 0) is 4.74 Å². The number of nitrogen functional groups attached to an aromatic ring is 2. The maximum atomic E-state index is 11.3. The molecule has 10 nitrogen and oxygen atoms in total. The summed E-state index contributed by atoms with van der Waals surface area (Å²) in [6.45, 7) is 0. The van der Waals surface area contributed by atoms with E-state index in [-0.39, 0.29) is 0 Å². The van der Waals surface area contributed by atoms with Crippen LogP contribution >= 0.6 is 15.9 Å². The highest BCUT2D eigenvalue weighted by Gasteiger charge is 2.62. The highest BCUT2D eigenvalue weighted by atomic mass is 79.9. The molecule has 0 bridgehead atoms. The molecule has 0 radical (unpaired) electrons. The lowest BCUT2D eigenvalue weighted by Gasteiger charge is -2.26. The van der Waals surface area contributed by atoms with E-state index >= 15 is 0 Å². The predicted octanol–water partition coefficient (Wildman–Crippen LogP) is 2.14. The second-order valence-corrected chi connectivity index (χ2v) is 9.36. The van der Waals surface area contributed by atoms with Crippen LogP contribution < -0.4 is 16.2 Å². The number of nitrogens with two attached hydrogens (primary N) is 2. The summed E-state index contributed by atoms with van der Waals surface area (Å²) in [4.78, 5) is 12.7. The number of benzene rings is 1. The average molecular weight is 513 g/mol. The molecule has 0 spiro atoms. The molecule has 5 atom stereocenters. The van der Waals surface area contributed by atoms with Gasteiger partial charge in [0.15, 0.2) is 6.23 Å². The lowest BCUT2D eigenvalue weighted by Crippen LogP contribution is -2.47. The Kier molecular flexibility index (Phi) is 4.53. The van der Waals surface area contributed by atoms with E-state index in [4.69, 9.17) is 20.9 Å². The van der Waals surface area contributed by atoms with E-state index in [2.05, 4.69) is 30.9 Å². The first-order chi connectivity index (χ1) is 15.8. The van der Waals surface area contributed by atoms with Crippen molar-refractivity contribution in [1.29, 1.82) is 0 Å². The topological polar surface area (TPSA) is 155 Å². The van der Waals surface area contributed by atoms with Gasteiger partial charge >= 0.3 is 0 Å². The molecule has 1 saturated carbocycles. The second-order valence-electron chi connectivity index (χ2n) is 8.51. The fourth-order valence-corrected chi connectivity index (χ4v) is 5.24. The Morgan fingerprint density at radius 1 is 1.18 bits per heavy atom. The number of fused-ring (bicyclic) bond motifs is 3. The van der Waals surface area contributed by atoms with Crippen LogP contribution in [0, 0.1) is 0 Å². The van der Waals surface area contributed by atoms with Crippen LogP contribution in [0.25, 0.3) is 21.9 Å². The molecule has 33 heavy (non-hydrogen) atoms. The normalized spacial score (nSPS) is 29.1. The molecular weight excluding hydrogens is 492 g/mol. The number of aliphatic hydroxyl groups excluding tert-OH is 1. The van der Waals surface area contributed by atoms with Gasteiger partial charge in [0.25, 0.3) is 0 Å². The van der Waals surface area contributed by atoms with Crippen molar-refractivity contribution in [3.05, 3.63) is 47.3 Å². The van der Waals surface area contributed by atoms with Crippen LogP contribution in [0.15, 0.2) is 47.3 Å². The summed E-state index contributed by atoms with van der Waals surface area (Å²) in [6, 6.07) is 9.20. The molecule has 4 aromatic rings. The molecule has 2 aliphatic rings. The van der Waals surface area contributed by atoms with E-state index in [1.165, 1.54) is 6.33 Å². The van der Waals surface area contributed by atoms with E-state index < -0.39 is 30.1 Å². The fourth-order valence-electron chi connectivity index (χ4n) is 4.90. The third-order valence-electron chi connectivity index (χ3n) is 6.60. The summed E-state index contributed by atoms with van der Waals surface area (Å²) in [5.74, 6) is 1.31. The Labute approximate surface area is 196 Å². The van der Waals surface area contributed by atoms with Gasteiger partial charge in [-0.2, -0.15) is 0 Å². The first-order valence-electron chi connectivity index (χ1n) is 10.5. The maximum absolute atomic E-state index is 11.3. The Hall–Kier alpha value is -2.99. The van der Waals surface area contributed by atoms with E-state index in [9.17, 15) is 10.2 Å². The largest absolute Gasteiger partial charge is 0.488 e. The maximum Gasteiger partial charge on any atom is 0.164 e. The van der Waals surface area contributed by atoms with Gasteiger partial charge < -0.3 is 35.7 Å². The fraction of sp³-hybridized carbons (Fsp3) is 0.318. The monoisotopic (exact) mass is 512 g/mol. The number of hydrogen-bond donors (Lipinski definition) is 4. The van der Waals surface area contributed by atoms with E-state index in [1.807, 2.05) is 18.2 Å². The van der Waals surface area contributed by atoms with Gasteiger partial charge in [0, 0.05) is 17.6 Å². The summed E-state index contributed by atoms with van der Waals surface area (Å²) in [7, 11) is 0. The molecular formula is C22H21BrN6O4. The van der Waals surface area contributed by atoms with Crippen LogP contribution in [0.5, 0.6) is 5.75 Å². The molecule has 1 aromatic carbocycles. The molecule has 4 heterocycles. The molecule has 0 amide bonds. The number of anilines is 2. The highest BCUT2D eigenvalue weighted by molar-refractivity contribution is 9.10. The average Bonchev–Trinajstić information content (AvgIpc) is 3.42. The van der Waals surface area contributed by atoms with Crippen molar-refractivity contribution >= 4 is 49.5 Å². The standard InChI is InChI=1S/C22H21BrN6O4/c23-13-7-10-1-2-11(8-14(10)28-19(13)25)32-15-3-5-22(31)16(30)21(33-17(15)22)29-6-4-12-18(24)26-9-27-20(12)29/h1-2,4,6-9,15-17,21,30-31H,3,5H2,(H2,25,28)(H2,24,26,27)/t15-,16?,17+,21+,22-/m0/s1. The molecule has 1 unspecified atom stereocenters. The van der Waals surface area contributed by atoms with Gasteiger partial charge in [0.1, 0.15) is 53.3 Å². The van der Waals surface area contributed by atoms with Crippen molar-refractivity contribution in [3.63, 3.8) is 0 Å². The molecule has 3 aromatic heterocycles. The molecule has 11 heteroatoms. The number of hydrogen-bond acceptors (Lipinski definition) is 9. The van der Waals surface area contributed by atoms with Crippen molar-refractivity contribution in [2.24, 2.45) is 0 Å². The highest BCUT2D eigenvalue weighted by Crippen LogP contribution is 2.48. The van der Waals surface area contributed by atoms with Crippen LogP contribution in [-0.4, -0.2) is 53.6 Å². The van der Waals surface area contributed by atoms with Crippen molar-refractivity contribution in [1.82, 2.24) is 19.5 Å². The number of ether oxygens (including phenoxy) is 2. The zero-order valence-corrected chi connectivity index (χ0v) is 18.9. The van der Waals surface area contributed by atoms with Gasteiger partial charge in [-0.15, -0.1) is 0 Å². The molecule has 2 fully saturated rings. The van der Waals surface area contributed by atoms with E-state index in [0.29, 0.717) is 46.8 Å². The zero-order valence-electron chi connectivity index (χ0n) is 17.3. The SMILES string of the molecule is Nc1nc2cc(O[C@H]3CC[C@]4(O)C(O)[C@H](n5ccc6c(N)ncnc65)O[C@H]34)ccc2cc1Br. The van der Waals surface area contributed by atoms with Gasteiger partial charge in [0.05, 0.1) is 15.4 Å². The van der Waals surface area contributed by atoms with Crippen molar-refractivity contribution in [2.75, 3.05) is 11.5 Å². The number of pyridine rings is 1. The Bertz CT molecular complexity index is 1400. The van der Waals surface area contributed by atoms with Gasteiger partial charge in [-0.1, -0.05) is 0 Å². The van der Waals surface area contributed by atoms with Crippen molar-refractivity contribution < 1.29 is 19.7 Å². The molecule has 6 rings (SSSR count). The van der Waals surface area contributed by atoms with Gasteiger partial charge in [-0.25, -0.2) is 15.0 Å². The first-order valence-corrected chi connectivity index (χ1v) is 11.3. The number of halogens is 1. The van der Waals surface area contributed by atoms with Crippen LogP contribution in [0.1, 0.15) is 19.1 Å². The van der Waals surface area contributed by atoms with Gasteiger partial charge in [-0.3, -0.25) is 0 Å². The molecule has 1 aliphatic carbocycles. The number of rotatable bonds is 3. The molecule has 1 aliphatic heterocycles. The summed E-state index contributed by atoms with van der Waals surface area (Å²) in [5.41, 5.74) is 11.6. The minimum atomic E-state index is -1.45. The van der Waals surface area contributed by atoms with Crippen molar-refractivity contribution in [2.45, 2.75) is 43.0 Å². The number of nitrogens with zero attached hydrogens (tertiary/aromatic N) is 4. The molecule has 6 N–H and O–H groups in total. The third-order valence-corrected chi connectivity index (χ3v) is 7.23.